The summed E-state index contributed by atoms with van der Waals surface area (Å²) in [5.41, 5.74) is 6.81. The van der Waals surface area contributed by atoms with Gasteiger partial charge in [0.15, 0.2) is 0 Å². The summed E-state index contributed by atoms with van der Waals surface area (Å²) in [6.07, 6.45) is -2.04. The Morgan fingerprint density at radius 2 is 1.79 bits per heavy atom. The number of aromatic nitrogens is 3. The Balaban J connectivity index is 1.70. The summed E-state index contributed by atoms with van der Waals surface area (Å²) in [5.74, 6) is 0.228. The number of nitrogens with zero attached hydrogens (tertiary/aromatic N) is 4. The largest absolute Gasteiger partial charge is 0.417 e. The van der Waals surface area contributed by atoms with Crippen molar-refractivity contribution in [1.82, 2.24) is 14.8 Å². The molecule has 3 rings (SSSR count). The van der Waals surface area contributed by atoms with E-state index in [1.807, 2.05) is 25.5 Å². The molecule has 0 aliphatic rings. The molecule has 0 aliphatic carbocycles. The fourth-order valence-corrected chi connectivity index (χ4v) is 2.71. The SMILES string of the molecule is Cc1ccc(Cn2nc(C)c(/C=N/Nc3ccc(C(F)(F)F)cn3)c2C)cc1. The number of nitrogens with one attached hydrogen (secondary N) is 1. The van der Waals surface area contributed by atoms with Crippen molar-refractivity contribution in [1.29, 1.82) is 0 Å². The van der Waals surface area contributed by atoms with Crippen molar-refractivity contribution >= 4 is 12.0 Å². The van der Waals surface area contributed by atoms with Crippen LogP contribution < -0.4 is 5.43 Å². The number of aryl methyl sites for hydroxylation is 2. The standard InChI is InChI=1S/C20H20F3N5/c1-13-4-6-16(7-5-13)12-28-15(3)18(14(2)27-28)11-25-26-19-9-8-17(10-24-19)20(21,22)23/h4-11H,12H2,1-3H3,(H,24,26)/b25-11+. The van der Waals surface area contributed by atoms with Crippen LogP contribution in [0.25, 0.3) is 0 Å². The highest BCUT2D eigenvalue weighted by atomic mass is 19.4. The molecule has 2 heterocycles. The molecule has 2 aromatic heterocycles. The number of rotatable bonds is 5. The first kappa shape index (κ1) is 19.6. The van der Waals surface area contributed by atoms with Gasteiger partial charge in [-0.15, -0.1) is 0 Å². The first-order valence-electron chi connectivity index (χ1n) is 8.66. The number of alkyl halides is 3. The van der Waals surface area contributed by atoms with Gasteiger partial charge < -0.3 is 0 Å². The van der Waals surface area contributed by atoms with Gasteiger partial charge in [0.2, 0.25) is 0 Å². The van der Waals surface area contributed by atoms with E-state index >= 15 is 0 Å². The van der Waals surface area contributed by atoms with Crippen LogP contribution in [0.2, 0.25) is 0 Å². The smallest absolute Gasteiger partial charge is 0.265 e. The van der Waals surface area contributed by atoms with E-state index < -0.39 is 11.7 Å². The molecular weight excluding hydrogens is 367 g/mol. The van der Waals surface area contributed by atoms with E-state index in [9.17, 15) is 13.2 Å². The second-order valence-corrected chi connectivity index (χ2v) is 6.53. The molecule has 0 spiro atoms. The van der Waals surface area contributed by atoms with Gasteiger partial charge in [-0.3, -0.25) is 10.1 Å². The molecule has 0 saturated heterocycles. The van der Waals surface area contributed by atoms with E-state index in [1.54, 1.807) is 6.21 Å². The molecule has 0 unspecified atom stereocenters. The number of halogens is 3. The molecule has 0 atom stereocenters. The molecule has 0 radical (unpaired) electrons. The zero-order chi connectivity index (χ0) is 20.3. The Kier molecular flexibility index (Phi) is 5.48. The van der Waals surface area contributed by atoms with Crippen molar-refractivity contribution in [3.63, 3.8) is 0 Å². The topological polar surface area (TPSA) is 55.1 Å². The molecule has 0 bridgehead atoms. The lowest BCUT2D eigenvalue weighted by molar-refractivity contribution is -0.137. The van der Waals surface area contributed by atoms with Crippen LogP contribution in [0, 0.1) is 20.8 Å². The zero-order valence-corrected chi connectivity index (χ0v) is 15.7. The Morgan fingerprint density at radius 1 is 1.07 bits per heavy atom. The summed E-state index contributed by atoms with van der Waals surface area (Å²) >= 11 is 0. The highest BCUT2D eigenvalue weighted by molar-refractivity contribution is 5.83. The van der Waals surface area contributed by atoms with Crippen molar-refractivity contribution in [2.45, 2.75) is 33.5 Å². The van der Waals surface area contributed by atoms with E-state index in [-0.39, 0.29) is 5.82 Å². The highest BCUT2D eigenvalue weighted by Crippen LogP contribution is 2.28. The third-order valence-corrected chi connectivity index (χ3v) is 4.35. The third-order valence-electron chi connectivity index (χ3n) is 4.35. The van der Waals surface area contributed by atoms with Gasteiger partial charge in [0.25, 0.3) is 0 Å². The number of hydrazone groups is 1. The lowest BCUT2D eigenvalue weighted by Crippen LogP contribution is -2.06. The minimum absolute atomic E-state index is 0.228. The summed E-state index contributed by atoms with van der Waals surface area (Å²) in [7, 11) is 0. The summed E-state index contributed by atoms with van der Waals surface area (Å²) in [4.78, 5) is 3.72. The first-order chi connectivity index (χ1) is 13.2. The van der Waals surface area contributed by atoms with Crippen LogP contribution in [-0.4, -0.2) is 21.0 Å². The fraction of sp³-hybridized carbons (Fsp3) is 0.250. The van der Waals surface area contributed by atoms with Gasteiger partial charge in [0.05, 0.1) is 24.0 Å². The van der Waals surface area contributed by atoms with E-state index in [1.165, 1.54) is 11.6 Å². The van der Waals surface area contributed by atoms with Crippen LogP contribution in [0.1, 0.15) is 33.6 Å². The maximum absolute atomic E-state index is 12.6. The molecule has 0 amide bonds. The molecule has 3 aromatic rings. The first-order valence-corrected chi connectivity index (χ1v) is 8.66. The van der Waals surface area contributed by atoms with Gasteiger partial charge in [0, 0.05) is 17.5 Å². The molecule has 0 saturated carbocycles. The predicted molar refractivity (Wildman–Crippen MR) is 102 cm³/mol. The summed E-state index contributed by atoms with van der Waals surface area (Å²) in [6, 6.07) is 10.4. The number of hydrogen-bond acceptors (Lipinski definition) is 4. The molecule has 146 valence electrons. The number of pyridine rings is 1. The Morgan fingerprint density at radius 3 is 2.39 bits per heavy atom. The van der Waals surface area contributed by atoms with Crippen molar-refractivity contribution < 1.29 is 13.2 Å². The van der Waals surface area contributed by atoms with E-state index in [0.29, 0.717) is 6.54 Å². The molecule has 1 aromatic carbocycles. The van der Waals surface area contributed by atoms with Gasteiger partial charge in [-0.1, -0.05) is 29.8 Å². The van der Waals surface area contributed by atoms with Gasteiger partial charge >= 0.3 is 6.18 Å². The maximum atomic E-state index is 12.6. The number of anilines is 1. The Labute approximate surface area is 160 Å². The normalized spacial score (nSPS) is 11.9. The van der Waals surface area contributed by atoms with Gasteiger partial charge in [-0.25, -0.2) is 4.98 Å². The average molecular weight is 387 g/mol. The lowest BCUT2D eigenvalue weighted by atomic mass is 10.1. The van der Waals surface area contributed by atoms with Crippen LogP contribution in [0.5, 0.6) is 0 Å². The molecule has 28 heavy (non-hydrogen) atoms. The molecule has 0 aliphatic heterocycles. The summed E-state index contributed by atoms with van der Waals surface area (Å²) in [6.45, 7) is 6.52. The van der Waals surface area contributed by atoms with Crippen molar-refractivity contribution in [3.8, 4) is 0 Å². The monoisotopic (exact) mass is 387 g/mol. The van der Waals surface area contributed by atoms with Crippen LogP contribution >= 0.6 is 0 Å². The second kappa shape index (κ2) is 7.84. The Bertz CT molecular complexity index is 971. The predicted octanol–water partition coefficient (Wildman–Crippen LogP) is 4.72. The van der Waals surface area contributed by atoms with Crippen LogP contribution in [0.3, 0.4) is 0 Å². The van der Waals surface area contributed by atoms with Crippen LogP contribution in [0.4, 0.5) is 19.0 Å². The minimum Gasteiger partial charge on any atom is -0.265 e. The molecule has 0 fully saturated rings. The van der Waals surface area contributed by atoms with E-state index in [0.717, 1.165) is 34.8 Å². The molecule has 1 N–H and O–H groups in total. The van der Waals surface area contributed by atoms with Crippen molar-refractivity contribution in [3.05, 3.63) is 76.2 Å². The van der Waals surface area contributed by atoms with Crippen molar-refractivity contribution in [2.24, 2.45) is 5.10 Å². The van der Waals surface area contributed by atoms with E-state index in [2.05, 4.69) is 44.9 Å². The van der Waals surface area contributed by atoms with Gasteiger partial charge in [-0.05, 0) is 38.5 Å². The highest BCUT2D eigenvalue weighted by Gasteiger charge is 2.30. The molecule has 5 nitrogen and oxygen atoms in total. The number of hydrogen-bond donors (Lipinski definition) is 1. The zero-order valence-electron chi connectivity index (χ0n) is 15.7. The summed E-state index contributed by atoms with van der Waals surface area (Å²) < 4.78 is 39.6. The molecule has 8 heteroatoms. The second-order valence-electron chi connectivity index (χ2n) is 6.53. The Hall–Kier alpha value is -3.16. The van der Waals surface area contributed by atoms with Crippen LogP contribution in [-0.2, 0) is 12.7 Å². The molecular formula is C20H20F3N5. The van der Waals surface area contributed by atoms with Gasteiger partial charge in [0.1, 0.15) is 5.82 Å². The van der Waals surface area contributed by atoms with Gasteiger partial charge in [-0.2, -0.15) is 23.4 Å². The minimum atomic E-state index is -4.41. The number of benzene rings is 1. The lowest BCUT2D eigenvalue weighted by Gasteiger charge is -2.06. The van der Waals surface area contributed by atoms with Crippen molar-refractivity contribution in [2.75, 3.05) is 5.43 Å². The van der Waals surface area contributed by atoms with Crippen LogP contribution in [0.15, 0.2) is 47.7 Å². The summed E-state index contributed by atoms with van der Waals surface area (Å²) in [5, 5.41) is 8.63. The fourth-order valence-electron chi connectivity index (χ4n) is 2.71. The maximum Gasteiger partial charge on any atom is 0.417 e. The third kappa shape index (κ3) is 4.57. The quantitative estimate of drug-likeness (QED) is 0.509. The average Bonchev–Trinajstić information content (AvgIpc) is 2.90. The van der Waals surface area contributed by atoms with E-state index in [4.69, 9.17) is 0 Å².